The number of hydrogen-bond acceptors (Lipinski definition) is 6. The van der Waals surface area contributed by atoms with Crippen LogP contribution in [0.4, 0.5) is 4.39 Å². The molecule has 0 bridgehead atoms. The number of thiazole rings is 1. The second kappa shape index (κ2) is 6.81. The minimum Gasteiger partial charge on any atom is -0.486 e. The van der Waals surface area contributed by atoms with Gasteiger partial charge in [0.25, 0.3) is 5.56 Å². The molecule has 4 aromatic rings. The van der Waals surface area contributed by atoms with Gasteiger partial charge < -0.3 is 9.72 Å². The van der Waals surface area contributed by atoms with E-state index in [-0.39, 0.29) is 17.2 Å². The molecule has 0 aliphatic carbocycles. The topological polar surface area (TPSA) is 80.8 Å². The first kappa shape index (κ1) is 16.6. The van der Waals surface area contributed by atoms with Gasteiger partial charge in [0, 0.05) is 23.8 Å². The first-order chi connectivity index (χ1) is 12.6. The molecule has 0 saturated heterocycles. The van der Waals surface area contributed by atoms with Gasteiger partial charge in [0.2, 0.25) is 0 Å². The Morgan fingerprint density at radius 2 is 2.12 bits per heavy atom. The van der Waals surface area contributed by atoms with Gasteiger partial charge in [-0.25, -0.2) is 14.4 Å². The van der Waals surface area contributed by atoms with Crippen LogP contribution < -0.4 is 10.3 Å². The van der Waals surface area contributed by atoms with Crippen molar-refractivity contribution in [3.8, 4) is 16.5 Å². The van der Waals surface area contributed by atoms with Crippen LogP contribution in [0.3, 0.4) is 0 Å². The second-order valence-electron chi connectivity index (χ2n) is 5.27. The van der Waals surface area contributed by atoms with Crippen LogP contribution >= 0.6 is 22.9 Å². The van der Waals surface area contributed by atoms with E-state index < -0.39 is 5.82 Å². The van der Waals surface area contributed by atoms with Gasteiger partial charge in [0.15, 0.2) is 0 Å². The molecule has 130 valence electrons. The number of nitrogens with zero attached hydrogens (tertiary/aromatic N) is 3. The van der Waals surface area contributed by atoms with Crippen LogP contribution in [-0.2, 0) is 6.61 Å². The van der Waals surface area contributed by atoms with Crippen LogP contribution in [0.25, 0.3) is 21.6 Å². The van der Waals surface area contributed by atoms with Crippen molar-refractivity contribution in [1.29, 1.82) is 0 Å². The van der Waals surface area contributed by atoms with E-state index in [1.165, 1.54) is 29.5 Å². The summed E-state index contributed by atoms with van der Waals surface area (Å²) in [5.41, 5.74) is 0.683. The van der Waals surface area contributed by atoms with Gasteiger partial charge in [-0.15, -0.1) is 11.3 Å². The minimum absolute atomic E-state index is 0.0145. The molecule has 3 heterocycles. The highest BCUT2D eigenvalue weighted by Gasteiger charge is 2.13. The SMILES string of the molecule is O=c1[nH]c(COc2ccc(F)c(Cl)c2)nc2c(-c3nccs3)nccc12. The molecule has 4 rings (SSSR count). The second-order valence-corrected chi connectivity index (χ2v) is 6.57. The molecule has 1 N–H and O–H groups in total. The molecular weight excluding hydrogens is 379 g/mol. The van der Waals surface area contributed by atoms with Gasteiger partial charge in [0.1, 0.15) is 40.2 Å². The van der Waals surface area contributed by atoms with Crippen molar-refractivity contribution in [3.63, 3.8) is 0 Å². The van der Waals surface area contributed by atoms with E-state index in [4.69, 9.17) is 16.3 Å². The number of rotatable bonds is 4. The molecule has 0 saturated carbocycles. The zero-order valence-electron chi connectivity index (χ0n) is 13.1. The zero-order chi connectivity index (χ0) is 18.1. The van der Waals surface area contributed by atoms with Crippen molar-refractivity contribution in [3.05, 3.63) is 69.1 Å². The molecule has 0 aliphatic heterocycles. The van der Waals surface area contributed by atoms with Crippen LogP contribution in [0.2, 0.25) is 5.02 Å². The molecule has 1 aromatic carbocycles. The van der Waals surface area contributed by atoms with E-state index in [1.54, 1.807) is 18.5 Å². The van der Waals surface area contributed by atoms with Crippen LogP contribution in [0.5, 0.6) is 5.75 Å². The predicted octanol–water partition coefficient (Wildman–Crippen LogP) is 3.81. The van der Waals surface area contributed by atoms with Crippen molar-refractivity contribution in [1.82, 2.24) is 19.9 Å². The van der Waals surface area contributed by atoms with Crippen LogP contribution in [-0.4, -0.2) is 19.9 Å². The summed E-state index contributed by atoms with van der Waals surface area (Å²) < 4.78 is 18.8. The van der Waals surface area contributed by atoms with Crippen molar-refractivity contribution in [2.45, 2.75) is 6.61 Å². The summed E-state index contributed by atoms with van der Waals surface area (Å²) in [6.45, 7) is -0.0145. The summed E-state index contributed by atoms with van der Waals surface area (Å²) in [5, 5.41) is 2.87. The number of ether oxygens (including phenoxy) is 1. The molecule has 3 aromatic heterocycles. The largest absolute Gasteiger partial charge is 0.486 e. The fraction of sp³-hybridized carbons (Fsp3) is 0.0588. The maximum atomic E-state index is 13.2. The fourth-order valence-corrected chi connectivity index (χ4v) is 3.20. The van der Waals surface area contributed by atoms with E-state index in [0.717, 1.165) is 0 Å². The molecule has 0 spiro atoms. The highest BCUT2D eigenvalue weighted by Crippen LogP contribution is 2.25. The number of hydrogen-bond donors (Lipinski definition) is 1. The standard InChI is InChI=1S/C17H10ClFN4O2S/c18-11-7-9(1-2-12(11)19)25-8-13-22-14-10(16(24)23-13)3-4-20-15(14)17-21-5-6-26-17/h1-7H,8H2,(H,22,23,24). The number of aromatic nitrogens is 4. The molecule has 0 fully saturated rings. The number of benzene rings is 1. The Labute approximate surface area is 155 Å². The lowest BCUT2D eigenvalue weighted by molar-refractivity contribution is 0.295. The Morgan fingerprint density at radius 3 is 2.88 bits per heavy atom. The minimum atomic E-state index is -0.532. The average Bonchev–Trinajstić information content (AvgIpc) is 3.17. The van der Waals surface area contributed by atoms with Crippen molar-refractivity contribution in [2.75, 3.05) is 0 Å². The monoisotopic (exact) mass is 388 g/mol. The third-order valence-electron chi connectivity index (χ3n) is 3.57. The average molecular weight is 389 g/mol. The number of aromatic amines is 1. The maximum Gasteiger partial charge on any atom is 0.258 e. The smallest absolute Gasteiger partial charge is 0.258 e. The van der Waals surface area contributed by atoms with E-state index >= 15 is 0 Å². The van der Waals surface area contributed by atoms with Gasteiger partial charge in [-0.1, -0.05) is 11.6 Å². The van der Waals surface area contributed by atoms with Gasteiger partial charge in [-0.2, -0.15) is 0 Å². The van der Waals surface area contributed by atoms with E-state index in [9.17, 15) is 9.18 Å². The van der Waals surface area contributed by atoms with Crippen LogP contribution in [0.1, 0.15) is 5.82 Å². The third kappa shape index (κ3) is 3.16. The normalized spacial score (nSPS) is 11.0. The molecule has 0 aliphatic rings. The molecule has 26 heavy (non-hydrogen) atoms. The zero-order valence-corrected chi connectivity index (χ0v) is 14.6. The van der Waals surface area contributed by atoms with Crippen LogP contribution in [0, 0.1) is 5.82 Å². The van der Waals surface area contributed by atoms with E-state index in [0.29, 0.717) is 33.2 Å². The van der Waals surface area contributed by atoms with Crippen molar-refractivity contribution >= 4 is 33.8 Å². The van der Waals surface area contributed by atoms with Crippen LogP contribution in [0.15, 0.2) is 46.8 Å². The summed E-state index contributed by atoms with van der Waals surface area (Å²) in [7, 11) is 0. The predicted molar refractivity (Wildman–Crippen MR) is 97.0 cm³/mol. The van der Waals surface area contributed by atoms with Crippen molar-refractivity contribution < 1.29 is 9.13 Å². The first-order valence-corrected chi connectivity index (χ1v) is 8.73. The van der Waals surface area contributed by atoms with Gasteiger partial charge >= 0.3 is 0 Å². The first-order valence-electron chi connectivity index (χ1n) is 7.47. The molecule has 0 atom stereocenters. The van der Waals surface area contributed by atoms with Gasteiger partial charge in [-0.05, 0) is 18.2 Å². The molecule has 9 heteroatoms. The Hall–Kier alpha value is -2.84. The summed E-state index contributed by atoms with van der Waals surface area (Å²) in [6.07, 6.45) is 3.21. The summed E-state index contributed by atoms with van der Waals surface area (Å²) >= 11 is 7.14. The molecular formula is C17H10ClFN4O2S. The molecule has 0 amide bonds. The molecule has 6 nitrogen and oxygen atoms in total. The number of fused-ring (bicyclic) bond motifs is 1. The quantitative estimate of drug-likeness (QED) is 0.575. The summed E-state index contributed by atoms with van der Waals surface area (Å²) in [4.78, 5) is 28.0. The Kier molecular flexibility index (Phi) is 4.36. The highest BCUT2D eigenvalue weighted by atomic mass is 35.5. The Bertz CT molecular complexity index is 1150. The Morgan fingerprint density at radius 1 is 1.23 bits per heavy atom. The van der Waals surface area contributed by atoms with E-state index in [1.807, 2.05) is 5.38 Å². The maximum absolute atomic E-state index is 13.2. The van der Waals surface area contributed by atoms with Gasteiger partial charge in [0.05, 0.1) is 10.4 Å². The van der Waals surface area contributed by atoms with E-state index in [2.05, 4.69) is 19.9 Å². The van der Waals surface area contributed by atoms with Crippen molar-refractivity contribution in [2.24, 2.45) is 0 Å². The number of pyridine rings is 1. The number of H-pyrrole nitrogens is 1. The molecule has 0 unspecified atom stereocenters. The Balaban J connectivity index is 1.71. The summed E-state index contributed by atoms with van der Waals surface area (Å²) in [6, 6.07) is 5.61. The summed E-state index contributed by atoms with van der Waals surface area (Å²) in [5.74, 6) is 0.148. The lowest BCUT2D eigenvalue weighted by Crippen LogP contribution is -2.14. The lowest BCUT2D eigenvalue weighted by atomic mass is 10.2. The molecule has 0 radical (unpaired) electrons. The van der Waals surface area contributed by atoms with Gasteiger partial charge in [-0.3, -0.25) is 9.78 Å². The fourth-order valence-electron chi connectivity index (χ4n) is 2.40. The number of nitrogens with one attached hydrogen (secondary N) is 1. The third-order valence-corrected chi connectivity index (χ3v) is 4.64. The number of halogens is 2. The highest BCUT2D eigenvalue weighted by molar-refractivity contribution is 7.13. The lowest BCUT2D eigenvalue weighted by Gasteiger charge is -2.08.